The van der Waals surface area contributed by atoms with Crippen molar-refractivity contribution < 1.29 is 14.3 Å². The van der Waals surface area contributed by atoms with E-state index in [1.165, 1.54) is 14.2 Å². The lowest BCUT2D eigenvalue weighted by molar-refractivity contribution is 0.103. The summed E-state index contributed by atoms with van der Waals surface area (Å²) in [4.78, 5) is 25.8. The number of nitriles is 1. The minimum atomic E-state index is -0.158. The van der Waals surface area contributed by atoms with E-state index in [9.17, 15) is 10.1 Å². The van der Waals surface area contributed by atoms with Crippen molar-refractivity contribution >= 4 is 11.3 Å². The number of ether oxygens (including phenoxy) is 2. The van der Waals surface area contributed by atoms with Crippen LogP contribution in [0, 0.1) is 18.3 Å². The quantitative estimate of drug-likeness (QED) is 0.475. The highest BCUT2D eigenvalue weighted by Gasteiger charge is 2.21. The normalized spacial score (nSPS) is 10.6. The second-order valence-electron chi connectivity index (χ2n) is 6.55. The maximum Gasteiger partial charge on any atom is 0.322 e. The highest BCUT2D eigenvalue weighted by Crippen LogP contribution is 2.29. The van der Waals surface area contributed by atoms with Crippen molar-refractivity contribution in [3.8, 4) is 29.5 Å². The Morgan fingerprint density at radius 1 is 1.00 bits per heavy atom. The number of nitrogens with zero attached hydrogens (tertiary/aromatic N) is 5. The molecule has 0 radical (unpaired) electrons. The molecule has 0 atom stereocenters. The SMILES string of the molecule is COc1nc(OC)nc(-c2cc(C(=O)c3ccc(C)cc3)n3ccc(C#N)cc23)n1. The molecule has 0 aliphatic heterocycles. The van der Waals surface area contributed by atoms with Gasteiger partial charge in [0.1, 0.15) is 0 Å². The van der Waals surface area contributed by atoms with Gasteiger partial charge in [0.05, 0.1) is 37.1 Å². The summed E-state index contributed by atoms with van der Waals surface area (Å²) in [7, 11) is 2.88. The molecule has 4 aromatic rings. The molecule has 0 aliphatic carbocycles. The molecular formula is C22H17N5O3. The van der Waals surface area contributed by atoms with Crippen molar-refractivity contribution in [2.24, 2.45) is 0 Å². The van der Waals surface area contributed by atoms with Crippen LogP contribution in [0.1, 0.15) is 27.2 Å². The van der Waals surface area contributed by atoms with Gasteiger partial charge in [-0.3, -0.25) is 4.79 Å². The van der Waals surface area contributed by atoms with Crippen LogP contribution in [0.3, 0.4) is 0 Å². The molecule has 30 heavy (non-hydrogen) atoms. The van der Waals surface area contributed by atoms with Crippen LogP contribution in [0.2, 0.25) is 0 Å². The first-order chi connectivity index (χ1) is 14.5. The number of ketones is 1. The fraction of sp³-hybridized carbons (Fsp3) is 0.136. The van der Waals surface area contributed by atoms with E-state index >= 15 is 0 Å². The molecule has 0 amide bonds. The summed E-state index contributed by atoms with van der Waals surface area (Å²) in [6, 6.07) is 14.7. The van der Waals surface area contributed by atoms with Crippen molar-refractivity contribution in [1.29, 1.82) is 5.26 Å². The van der Waals surface area contributed by atoms with Crippen LogP contribution in [0.5, 0.6) is 12.0 Å². The molecule has 0 aliphatic rings. The lowest BCUT2D eigenvalue weighted by atomic mass is 10.1. The molecule has 0 spiro atoms. The number of fused-ring (bicyclic) bond motifs is 1. The number of aryl methyl sites for hydroxylation is 1. The molecule has 3 heterocycles. The van der Waals surface area contributed by atoms with Gasteiger partial charge >= 0.3 is 12.0 Å². The first-order valence-corrected chi connectivity index (χ1v) is 9.05. The fourth-order valence-electron chi connectivity index (χ4n) is 3.12. The van der Waals surface area contributed by atoms with Crippen LogP contribution in [0.15, 0.2) is 48.7 Å². The third kappa shape index (κ3) is 3.33. The Morgan fingerprint density at radius 3 is 2.27 bits per heavy atom. The van der Waals surface area contributed by atoms with Crippen LogP contribution in [0.4, 0.5) is 0 Å². The topological polar surface area (TPSA) is 102 Å². The van der Waals surface area contributed by atoms with E-state index in [4.69, 9.17) is 9.47 Å². The Labute approximate surface area is 172 Å². The predicted molar refractivity (Wildman–Crippen MR) is 109 cm³/mol. The van der Waals surface area contributed by atoms with Crippen molar-refractivity contribution in [3.63, 3.8) is 0 Å². The molecule has 4 rings (SSSR count). The average molecular weight is 399 g/mol. The lowest BCUT2D eigenvalue weighted by Crippen LogP contribution is -2.05. The molecule has 8 nitrogen and oxygen atoms in total. The Hall–Kier alpha value is -4.25. The zero-order valence-electron chi connectivity index (χ0n) is 16.6. The van der Waals surface area contributed by atoms with Crippen molar-refractivity contribution in [2.75, 3.05) is 14.2 Å². The Morgan fingerprint density at radius 2 is 1.67 bits per heavy atom. The van der Waals surface area contributed by atoms with Crippen LogP contribution in [-0.4, -0.2) is 39.4 Å². The van der Waals surface area contributed by atoms with E-state index < -0.39 is 0 Å². The van der Waals surface area contributed by atoms with Crippen molar-refractivity contribution in [2.45, 2.75) is 6.92 Å². The zero-order valence-corrected chi connectivity index (χ0v) is 16.6. The maximum atomic E-state index is 13.2. The summed E-state index contributed by atoms with van der Waals surface area (Å²) in [6.45, 7) is 1.96. The van der Waals surface area contributed by atoms with Crippen LogP contribution in [-0.2, 0) is 0 Å². The number of aromatic nitrogens is 4. The van der Waals surface area contributed by atoms with Crippen molar-refractivity contribution in [1.82, 2.24) is 19.4 Å². The monoisotopic (exact) mass is 399 g/mol. The molecule has 0 saturated heterocycles. The van der Waals surface area contributed by atoms with Gasteiger partial charge in [0.25, 0.3) is 0 Å². The first kappa shape index (κ1) is 19.1. The number of rotatable bonds is 5. The van der Waals surface area contributed by atoms with Gasteiger partial charge in [0.15, 0.2) is 5.82 Å². The highest BCUT2D eigenvalue weighted by atomic mass is 16.5. The molecule has 0 N–H and O–H groups in total. The summed E-state index contributed by atoms with van der Waals surface area (Å²) in [6.07, 6.45) is 1.69. The number of benzene rings is 1. The number of hydrogen-bond acceptors (Lipinski definition) is 7. The van der Waals surface area contributed by atoms with Gasteiger partial charge in [0.2, 0.25) is 5.78 Å². The van der Waals surface area contributed by atoms with Gasteiger partial charge in [0, 0.05) is 17.3 Å². The summed E-state index contributed by atoms with van der Waals surface area (Å²) in [5.74, 6) is 0.114. The maximum absolute atomic E-state index is 13.2. The molecule has 0 bridgehead atoms. The molecule has 148 valence electrons. The molecule has 8 heteroatoms. The summed E-state index contributed by atoms with van der Waals surface area (Å²) in [5, 5.41) is 9.34. The molecule has 0 fully saturated rings. The second kappa shape index (κ2) is 7.64. The van der Waals surface area contributed by atoms with Gasteiger partial charge in [-0.2, -0.15) is 15.2 Å². The van der Waals surface area contributed by atoms with Gasteiger partial charge < -0.3 is 13.9 Å². The molecule has 0 saturated carbocycles. The number of methoxy groups -OCH3 is 2. The van der Waals surface area contributed by atoms with Crippen LogP contribution in [0.25, 0.3) is 16.9 Å². The van der Waals surface area contributed by atoms with E-state index in [0.717, 1.165) is 5.56 Å². The minimum absolute atomic E-state index is 0.0825. The molecule has 1 aromatic carbocycles. The largest absolute Gasteiger partial charge is 0.467 e. The highest BCUT2D eigenvalue weighted by molar-refractivity contribution is 6.10. The lowest BCUT2D eigenvalue weighted by Gasteiger charge is -2.05. The van der Waals surface area contributed by atoms with E-state index in [-0.39, 0.29) is 23.6 Å². The van der Waals surface area contributed by atoms with Gasteiger partial charge in [-0.15, -0.1) is 4.98 Å². The summed E-state index contributed by atoms with van der Waals surface area (Å²) >= 11 is 0. The number of carbonyl (C=O) groups is 1. The third-order valence-corrected chi connectivity index (χ3v) is 4.65. The van der Waals surface area contributed by atoms with Crippen LogP contribution < -0.4 is 9.47 Å². The zero-order chi connectivity index (χ0) is 21.3. The standard InChI is InChI=1S/C22H17N5O3/c1-13-4-6-15(7-5-13)19(28)18-11-16(17-10-14(12-23)8-9-27(17)18)20-24-21(29-2)26-22(25-20)30-3/h4-11H,1-3H3. The smallest absolute Gasteiger partial charge is 0.322 e. The Balaban J connectivity index is 1.96. The van der Waals surface area contributed by atoms with Gasteiger partial charge in [-0.1, -0.05) is 29.8 Å². The van der Waals surface area contributed by atoms with E-state index in [2.05, 4.69) is 21.0 Å². The number of carbonyl (C=O) groups excluding carboxylic acids is 1. The predicted octanol–water partition coefficient (Wildman–Crippen LogP) is 3.22. The Bertz CT molecular complexity index is 1280. The molecule has 0 unspecified atom stereocenters. The molecular weight excluding hydrogens is 382 g/mol. The van der Waals surface area contributed by atoms with Gasteiger partial charge in [-0.25, -0.2) is 0 Å². The number of pyridine rings is 1. The average Bonchev–Trinajstić information content (AvgIpc) is 3.17. The number of hydrogen-bond donors (Lipinski definition) is 0. The second-order valence-corrected chi connectivity index (χ2v) is 6.55. The van der Waals surface area contributed by atoms with Crippen LogP contribution >= 0.6 is 0 Å². The first-order valence-electron chi connectivity index (χ1n) is 9.05. The Kier molecular flexibility index (Phi) is 4.86. The van der Waals surface area contributed by atoms with Crippen molar-refractivity contribution in [3.05, 3.63) is 71.0 Å². The van der Waals surface area contributed by atoms with E-state index in [1.807, 2.05) is 19.1 Å². The van der Waals surface area contributed by atoms with E-state index in [1.54, 1.807) is 40.9 Å². The fourth-order valence-corrected chi connectivity index (χ4v) is 3.12. The summed E-state index contributed by atoms with van der Waals surface area (Å²) < 4.78 is 12.0. The molecule has 3 aromatic heterocycles. The third-order valence-electron chi connectivity index (χ3n) is 4.65. The minimum Gasteiger partial charge on any atom is -0.467 e. The van der Waals surface area contributed by atoms with E-state index in [0.29, 0.717) is 27.9 Å². The summed E-state index contributed by atoms with van der Waals surface area (Å²) in [5.41, 5.74) is 3.66. The van der Waals surface area contributed by atoms with Gasteiger partial charge in [-0.05, 0) is 25.1 Å².